The molecule has 1 saturated heterocycles. The van der Waals surface area contributed by atoms with Gasteiger partial charge in [0.15, 0.2) is 0 Å². The first kappa shape index (κ1) is 14.5. The molecule has 0 aromatic carbocycles. The Kier molecular flexibility index (Phi) is 5.49. The van der Waals surface area contributed by atoms with Crippen LogP contribution in [0.5, 0.6) is 0 Å². The van der Waals surface area contributed by atoms with Crippen molar-refractivity contribution in [1.82, 2.24) is 15.2 Å². The summed E-state index contributed by atoms with van der Waals surface area (Å²) in [5.74, 6) is -0.0970. The van der Waals surface area contributed by atoms with Gasteiger partial charge in [-0.05, 0) is 11.6 Å². The summed E-state index contributed by atoms with van der Waals surface area (Å²) in [6.45, 7) is 2.85. The second kappa shape index (κ2) is 7.59. The minimum absolute atomic E-state index is 0.0184. The second-order valence-corrected chi connectivity index (χ2v) is 4.63. The highest BCUT2D eigenvalue weighted by Gasteiger charge is 2.17. The van der Waals surface area contributed by atoms with Gasteiger partial charge in [-0.3, -0.25) is 14.6 Å². The Morgan fingerprint density at radius 1 is 1.30 bits per heavy atom. The highest BCUT2D eigenvalue weighted by atomic mass is 16.5. The molecule has 0 spiro atoms. The molecule has 1 aromatic rings. The van der Waals surface area contributed by atoms with E-state index in [4.69, 9.17) is 4.74 Å². The van der Waals surface area contributed by atoms with Gasteiger partial charge in [0.1, 0.15) is 0 Å². The minimum Gasteiger partial charge on any atom is -0.378 e. The summed E-state index contributed by atoms with van der Waals surface area (Å²) in [4.78, 5) is 29.3. The molecule has 0 atom stereocenters. The number of carbonyl (C=O) groups is 2. The van der Waals surface area contributed by atoms with Crippen LogP contribution in [-0.4, -0.2) is 48.0 Å². The zero-order valence-electron chi connectivity index (χ0n) is 11.4. The summed E-state index contributed by atoms with van der Waals surface area (Å²) in [5.41, 5.74) is 0.945. The van der Waals surface area contributed by atoms with Gasteiger partial charge in [-0.15, -0.1) is 0 Å². The topological polar surface area (TPSA) is 71.5 Å². The van der Waals surface area contributed by atoms with Crippen LogP contribution in [0.25, 0.3) is 0 Å². The van der Waals surface area contributed by atoms with Gasteiger partial charge in [-0.25, -0.2) is 0 Å². The van der Waals surface area contributed by atoms with Crippen LogP contribution in [0.4, 0.5) is 0 Å². The van der Waals surface area contributed by atoms with E-state index in [9.17, 15) is 9.59 Å². The van der Waals surface area contributed by atoms with Crippen molar-refractivity contribution < 1.29 is 14.3 Å². The fraction of sp³-hybridized carbons (Fsp3) is 0.500. The Labute approximate surface area is 118 Å². The second-order valence-electron chi connectivity index (χ2n) is 4.63. The number of nitrogens with zero attached hydrogens (tertiary/aromatic N) is 2. The van der Waals surface area contributed by atoms with Crippen LogP contribution in [-0.2, 0) is 20.9 Å². The van der Waals surface area contributed by atoms with Crippen molar-refractivity contribution in [1.29, 1.82) is 0 Å². The zero-order chi connectivity index (χ0) is 14.2. The lowest BCUT2D eigenvalue weighted by Gasteiger charge is -2.26. The van der Waals surface area contributed by atoms with E-state index < -0.39 is 0 Å². The van der Waals surface area contributed by atoms with E-state index in [1.165, 1.54) is 0 Å². The maximum atomic E-state index is 11.9. The van der Waals surface area contributed by atoms with E-state index >= 15 is 0 Å². The maximum absolute atomic E-state index is 11.9. The molecule has 1 aliphatic rings. The molecule has 2 amide bonds. The minimum atomic E-state index is -0.115. The van der Waals surface area contributed by atoms with Crippen molar-refractivity contribution >= 4 is 11.8 Å². The number of aromatic nitrogens is 1. The number of hydrogen-bond acceptors (Lipinski definition) is 4. The van der Waals surface area contributed by atoms with Gasteiger partial charge in [-0.1, -0.05) is 6.07 Å². The van der Waals surface area contributed by atoms with Crippen LogP contribution in [0.2, 0.25) is 0 Å². The maximum Gasteiger partial charge on any atom is 0.223 e. The predicted molar refractivity (Wildman–Crippen MR) is 72.7 cm³/mol. The van der Waals surface area contributed by atoms with Gasteiger partial charge in [0.05, 0.1) is 13.2 Å². The molecule has 6 heteroatoms. The lowest BCUT2D eigenvalue weighted by atomic mass is 10.2. The number of nitrogens with one attached hydrogen (secondary N) is 1. The summed E-state index contributed by atoms with van der Waals surface area (Å²) in [6, 6.07) is 3.72. The Bertz CT molecular complexity index is 444. The smallest absolute Gasteiger partial charge is 0.223 e. The molecule has 2 heterocycles. The van der Waals surface area contributed by atoms with Gasteiger partial charge in [0.2, 0.25) is 11.8 Å². The van der Waals surface area contributed by atoms with E-state index in [-0.39, 0.29) is 24.7 Å². The van der Waals surface area contributed by atoms with E-state index in [1.54, 1.807) is 17.3 Å². The SMILES string of the molecule is O=C(CCC(=O)N1CCOCC1)NCc1cccnc1. The van der Waals surface area contributed by atoms with Gasteiger partial charge >= 0.3 is 0 Å². The van der Waals surface area contributed by atoms with Gasteiger partial charge < -0.3 is 15.0 Å². The van der Waals surface area contributed by atoms with Gasteiger partial charge in [-0.2, -0.15) is 0 Å². The number of carbonyl (C=O) groups excluding carboxylic acids is 2. The molecule has 1 fully saturated rings. The lowest BCUT2D eigenvalue weighted by molar-refractivity contribution is -0.137. The average Bonchev–Trinajstić information content (AvgIpc) is 2.52. The summed E-state index contributed by atoms with van der Waals surface area (Å²) in [7, 11) is 0. The van der Waals surface area contributed by atoms with Crippen LogP contribution < -0.4 is 5.32 Å². The quantitative estimate of drug-likeness (QED) is 0.842. The van der Waals surface area contributed by atoms with Crippen LogP contribution in [0.3, 0.4) is 0 Å². The summed E-state index contributed by atoms with van der Waals surface area (Å²) in [5, 5.41) is 2.78. The molecule has 1 N–H and O–H groups in total. The monoisotopic (exact) mass is 277 g/mol. The Balaban J connectivity index is 1.65. The largest absolute Gasteiger partial charge is 0.378 e. The van der Waals surface area contributed by atoms with Crippen molar-refractivity contribution in [2.45, 2.75) is 19.4 Å². The van der Waals surface area contributed by atoms with Crippen LogP contribution >= 0.6 is 0 Å². The molecule has 0 bridgehead atoms. The third kappa shape index (κ3) is 4.62. The molecular weight excluding hydrogens is 258 g/mol. The summed E-state index contributed by atoms with van der Waals surface area (Å²) >= 11 is 0. The molecule has 108 valence electrons. The Morgan fingerprint density at radius 2 is 2.10 bits per heavy atom. The molecule has 20 heavy (non-hydrogen) atoms. The van der Waals surface area contributed by atoms with E-state index in [0.717, 1.165) is 5.56 Å². The molecule has 1 aromatic heterocycles. The van der Waals surface area contributed by atoms with Gasteiger partial charge in [0.25, 0.3) is 0 Å². The fourth-order valence-electron chi connectivity index (χ4n) is 1.98. The first-order valence-electron chi connectivity index (χ1n) is 6.77. The molecule has 1 aliphatic heterocycles. The first-order valence-corrected chi connectivity index (χ1v) is 6.77. The van der Waals surface area contributed by atoms with E-state index in [1.807, 2.05) is 12.1 Å². The van der Waals surface area contributed by atoms with Crippen LogP contribution in [0.15, 0.2) is 24.5 Å². The highest BCUT2D eigenvalue weighted by Crippen LogP contribution is 2.02. The molecule has 0 radical (unpaired) electrons. The van der Waals surface area contributed by atoms with Crippen molar-refractivity contribution in [2.24, 2.45) is 0 Å². The number of rotatable bonds is 5. The highest BCUT2D eigenvalue weighted by molar-refractivity contribution is 5.83. The van der Waals surface area contributed by atoms with Crippen molar-refractivity contribution in [3.63, 3.8) is 0 Å². The number of morpholine rings is 1. The standard InChI is InChI=1S/C14H19N3O3/c18-13(16-11-12-2-1-5-15-10-12)3-4-14(19)17-6-8-20-9-7-17/h1-2,5,10H,3-4,6-9,11H2,(H,16,18). The average molecular weight is 277 g/mol. The molecule has 0 saturated carbocycles. The number of ether oxygens (including phenoxy) is 1. The third-order valence-electron chi connectivity index (χ3n) is 3.14. The fourth-order valence-corrected chi connectivity index (χ4v) is 1.98. The third-order valence-corrected chi connectivity index (χ3v) is 3.14. The zero-order valence-corrected chi connectivity index (χ0v) is 11.4. The van der Waals surface area contributed by atoms with Crippen molar-refractivity contribution in [3.8, 4) is 0 Å². The van der Waals surface area contributed by atoms with Crippen molar-refractivity contribution in [3.05, 3.63) is 30.1 Å². The first-order chi connectivity index (χ1) is 9.75. The number of pyridine rings is 1. The predicted octanol–water partition coefficient (Wildman–Crippen LogP) is 0.337. The number of hydrogen-bond donors (Lipinski definition) is 1. The molecule has 0 unspecified atom stereocenters. The molecule has 2 rings (SSSR count). The Morgan fingerprint density at radius 3 is 2.80 bits per heavy atom. The molecular formula is C14H19N3O3. The lowest BCUT2D eigenvalue weighted by Crippen LogP contribution is -2.41. The summed E-state index contributed by atoms with van der Waals surface area (Å²) in [6.07, 6.45) is 3.86. The summed E-state index contributed by atoms with van der Waals surface area (Å²) < 4.78 is 5.18. The molecule has 0 aliphatic carbocycles. The van der Waals surface area contributed by atoms with Crippen molar-refractivity contribution in [2.75, 3.05) is 26.3 Å². The van der Waals surface area contributed by atoms with Gasteiger partial charge in [0, 0.05) is 44.9 Å². The van der Waals surface area contributed by atoms with E-state index in [0.29, 0.717) is 32.8 Å². The van der Waals surface area contributed by atoms with E-state index in [2.05, 4.69) is 10.3 Å². The van der Waals surface area contributed by atoms with Crippen LogP contribution in [0, 0.1) is 0 Å². The normalized spacial score (nSPS) is 14.9. The Hall–Kier alpha value is -1.95. The molecule has 6 nitrogen and oxygen atoms in total. The number of amides is 2. The van der Waals surface area contributed by atoms with Crippen LogP contribution in [0.1, 0.15) is 18.4 Å².